The lowest BCUT2D eigenvalue weighted by molar-refractivity contribution is -0.120. The van der Waals surface area contributed by atoms with Crippen molar-refractivity contribution in [3.8, 4) is 11.5 Å². The average Bonchev–Trinajstić information content (AvgIpc) is 3.23. The third-order valence-electron chi connectivity index (χ3n) is 6.91. The molecule has 3 aliphatic rings. The average molecular weight is 490 g/mol. The molecule has 35 heavy (non-hydrogen) atoms. The molecule has 2 aromatic rings. The molecule has 1 saturated carbocycles. The molecule has 2 aromatic carbocycles. The highest BCUT2D eigenvalue weighted by Gasteiger charge is 2.43. The van der Waals surface area contributed by atoms with E-state index in [0.29, 0.717) is 23.3 Å². The predicted molar refractivity (Wildman–Crippen MR) is 143 cm³/mol. The van der Waals surface area contributed by atoms with Crippen molar-refractivity contribution in [2.45, 2.75) is 44.6 Å². The number of thioether (sulfide) groups is 1. The number of hydrogen-bond donors (Lipinski definition) is 0. The monoisotopic (exact) mass is 489 g/mol. The van der Waals surface area contributed by atoms with Crippen LogP contribution in [0.3, 0.4) is 0 Å². The van der Waals surface area contributed by atoms with Crippen molar-refractivity contribution in [3.05, 3.63) is 59.7 Å². The van der Waals surface area contributed by atoms with Crippen molar-refractivity contribution < 1.29 is 14.3 Å². The normalized spacial score (nSPS) is 19.9. The van der Waals surface area contributed by atoms with Gasteiger partial charge in [-0.05, 0) is 24.0 Å². The summed E-state index contributed by atoms with van der Waals surface area (Å²) in [6.45, 7) is 0. The van der Waals surface area contributed by atoms with Crippen LogP contribution in [0.4, 0.5) is 5.69 Å². The maximum Gasteiger partial charge on any atom is 0.270 e. The van der Waals surface area contributed by atoms with E-state index < -0.39 is 0 Å². The van der Waals surface area contributed by atoms with Crippen LogP contribution in [0.25, 0.3) is 6.08 Å². The van der Waals surface area contributed by atoms with Crippen molar-refractivity contribution in [3.63, 3.8) is 0 Å². The van der Waals surface area contributed by atoms with Crippen molar-refractivity contribution in [1.29, 1.82) is 0 Å². The molecule has 0 spiro atoms. The number of carbonyl (C=O) groups is 1. The number of benzene rings is 2. The Bertz CT molecular complexity index is 1170. The number of rotatable bonds is 7. The fourth-order valence-corrected chi connectivity index (χ4v) is 5.98. The van der Waals surface area contributed by atoms with Gasteiger partial charge in [0.25, 0.3) is 5.91 Å². The topological polar surface area (TPSA) is 63.5 Å². The number of hydrogen-bond acceptors (Lipinski definition) is 6. The Morgan fingerprint density at radius 1 is 1.03 bits per heavy atom. The second kappa shape index (κ2) is 10.7. The van der Waals surface area contributed by atoms with Gasteiger partial charge in [-0.2, -0.15) is 4.99 Å². The van der Waals surface area contributed by atoms with E-state index in [1.165, 1.54) is 32.1 Å². The summed E-state index contributed by atoms with van der Waals surface area (Å²) in [5, 5.41) is 0.813. The zero-order valence-corrected chi connectivity index (χ0v) is 21.1. The Morgan fingerprint density at radius 2 is 1.77 bits per heavy atom. The van der Waals surface area contributed by atoms with E-state index in [-0.39, 0.29) is 11.9 Å². The third kappa shape index (κ3) is 5.01. The minimum atomic E-state index is -0.293. The summed E-state index contributed by atoms with van der Waals surface area (Å²) in [6.07, 6.45) is 11.2. The van der Waals surface area contributed by atoms with Gasteiger partial charge in [-0.3, -0.25) is 9.69 Å². The standard InChI is InChI=1S/C28H31N3O3S/c1-33-24-17-21-22(18-25(24)34-2)29-28(35-15-9-14-19-10-5-3-6-11-19)31-23(27(32)30-26(21)31)16-20-12-7-4-8-13-20/h3,5-6,9-11,14,17-18,20,23H,4,7-8,12-13,15-16H2,1-2H3/b14-9+/t23-/m1/s1. The number of amidine groups is 2. The van der Waals surface area contributed by atoms with Gasteiger partial charge < -0.3 is 9.47 Å². The van der Waals surface area contributed by atoms with Crippen LogP contribution in [-0.2, 0) is 4.79 Å². The maximum absolute atomic E-state index is 13.2. The Labute approximate surface area is 211 Å². The van der Waals surface area contributed by atoms with E-state index in [0.717, 1.165) is 34.2 Å². The summed E-state index contributed by atoms with van der Waals surface area (Å²) in [6, 6.07) is 13.7. The number of aliphatic imine (C=N–C) groups is 2. The van der Waals surface area contributed by atoms with Crippen molar-refractivity contribution in [2.24, 2.45) is 15.9 Å². The highest BCUT2D eigenvalue weighted by molar-refractivity contribution is 8.14. The fourth-order valence-electron chi connectivity index (χ4n) is 5.12. The van der Waals surface area contributed by atoms with Crippen LogP contribution in [0, 0.1) is 5.92 Å². The molecule has 2 heterocycles. The maximum atomic E-state index is 13.2. The fraction of sp³-hybridized carbons (Fsp3) is 0.393. The van der Waals surface area contributed by atoms with E-state index >= 15 is 0 Å². The first-order valence-corrected chi connectivity index (χ1v) is 13.3. The van der Waals surface area contributed by atoms with Crippen LogP contribution in [0.2, 0.25) is 0 Å². The van der Waals surface area contributed by atoms with Crippen LogP contribution in [0.1, 0.15) is 49.7 Å². The van der Waals surface area contributed by atoms with Gasteiger partial charge in [0.05, 0.1) is 19.9 Å². The molecule has 0 aromatic heterocycles. The SMILES string of the molecule is COc1cc2c(cc1OC)C1=NC(=O)[C@@H](CC3CCCCC3)N1C(SC/C=C/c1ccccc1)=N2. The van der Waals surface area contributed by atoms with Crippen LogP contribution in [0.15, 0.2) is 58.5 Å². The first kappa shape index (κ1) is 23.7. The Hall–Kier alpha value is -3.06. The summed E-state index contributed by atoms with van der Waals surface area (Å²) >= 11 is 1.63. The zero-order valence-electron chi connectivity index (χ0n) is 20.3. The molecule has 1 aliphatic carbocycles. The zero-order chi connectivity index (χ0) is 24.2. The molecule has 6 nitrogen and oxygen atoms in total. The van der Waals surface area contributed by atoms with Crippen molar-refractivity contribution in [2.75, 3.05) is 20.0 Å². The quantitative estimate of drug-likeness (QED) is 0.472. The summed E-state index contributed by atoms with van der Waals surface area (Å²) in [4.78, 5) is 24.8. The lowest BCUT2D eigenvalue weighted by Gasteiger charge is -2.33. The van der Waals surface area contributed by atoms with E-state index in [9.17, 15) is 4.79 Å². The van der Waals surface area contributed by atoms with Gasteiger partial charge in [-0.1, -0.05) is 86.3 Å². The molecule has 2 aliphatic heterocycles. The number of fused-ring (bicyclic) bond motifs is 3. The second-order valence-corrected chi connectivity index (χ2v) is 10.1. The summed E-state index contributed by atoms with van der Waals surface area (Å²) in [5.41, 5.74) is 2.72. The van der Waals surface area contributed by atoms with Crippen LogP contribution >= 0.6 is 11.8 Å². The van der Waals surface area contributed by atoms with E-state index in [2.05, 4.69) is 34.2 Å². The molecule has 0 N–H and O–H groups in total. The minimum absolute atomic E-state index is 0.0682. The first-order valence-electron chi connectivity index (χ1n) is 12.3. The summed E-state index contributed by atoms with van der Waals surface area (Å²) < 4.78 is 11.0. The molecule has 182 valence electrons. The van der Waals surface area contributed by atoms with E-state index in [1.54, 1.807) is 26.0 Å². The summed E-state index contributed by atoms with van der Waals surface area (Å²) in [5.74, 6) is 3.13. The lowest BCUT2D eigenvalue weighted by atomic mass is 9.84. The molecule has 7 heteroatoms. The largest absolute Gasteiger partial charge is 0.493 e. The highest BCUT2D eigenvalue weighted by atomic mass is 32.2. The van der Waals surface area contributed by atoms with Gasteiger partial charge in [0.15, 0.2) is 16.7 Å². The summed E-state index contributed by atoms with van der Waals surface area (Å²) in [7, 11) is 3.23. The molecule has 1 fully saturated rings. The molecule has 0 saturated heterocycles. The minimum Gasteiger partial charge on any atom is -0.493 e. The molecular formula is C28H31N3O3S. The Morgan fingerprint density at radius 3 is 2.51 bits per heavy atom. The lowest BCUT2D eigenvalue weighted by Crippen LogP contribution is -2.44. The third-order valence-corrected chi connectivity index (χ3v) is 7.81. The Kier molecular flexibility index (Phi) is 7.23. The Balaban J connectivity index is 1.45. The van der Waals surface area contributed by atoms with Crippen molar-refractivity contribution in [1.82, 2.24) is 4.90 Å². The number of amides is 1. The van der Waals surface area contributed by atoms with Gasteiger partial charge >= 0.3 is 0 Å². The molecular weight excluding hydrogens is 458 g/mol. The second-order valence-electron chi connectivity index (χ2n) is 9.14. The molecule has 1 amide bonds. The molecule has 0 unspecified atom stereocenters. The highest BCUT2D eigenvalue weighted by Crippen LogP contribution is 2.42. The van der Waals surface area contributed by atoms with Crippen LogP contribution in [-0.4, -0.2) is 47.8 Å². The smallest absolute Gasteiger partial charge is 0.270 e. The van der Waals surface area contributed by atoms with Crippen molar-refractivity contribution >= 4 is 40.4 Å². The van der Waals surface area contributed by atoms with Crippen LogP contribution < -0.4 is 9.47 Å². The van der Waals surface area contributed by atoms with E-state index in [1.807, 2.05) is 30.3 Å². The van der Waals surface area contributed by atoms with Gasteiger partial charge in [0, 0.05) is 17.4 Å². The molecule has 0 radical (unpaired) electrons. The first-order chi connectivity index (χ1) is 17.2. The van der Waals surface area contributed by atoms with Crippen LogP contribution in [0.5, 0.6) is 11.5 Å². The number of carbonyl (C=O) groups excluding carboxylic acids is 1. The number of methoxy groups -OCH3 is 2. The van der Waals surface area contributed by atoms with Gasteiger partial charge in [0.2, 0.25) is 0 Å². The molecule has 5 rings (SSSR count). The number of nitrogens with zero attached hydrogens (tertiary/aromatic N) is 3. The van der Waals surface area contributed by atoms with Gasteiger partial charge in [-0.25, -0.2) is 4.99 Å². The molecule has 1 atom stereocenters. The number of ether oxygens (including phenoxy) is 2. The van der Waals surface area contributed by atoms with Gasteiger partial charge in [0.1, 0.15) is 11.9 Å². The van der Waals surface area contributed by atoms with E-state index in [4.69, 9.17) is 14.5 Å². The predicted octanol–water partition coefficient (Wildman–Crippen LogP) is 6.08. The van der Waals surface area contributed by atoms with Gasteiger partial charge in [-0.15, -0.1) is 0 Å². The molecule has 0 bridgehead atoms.